The number of nitrogens with one attached hydrogen (secondary N) is 2. The monoisotopic (exact) mass is 173 g/mol. The SMILES string of the molecule is [NH-]CCCc1c[nH]c2ccccc12. The van der Waals surface area contributed by atoms with Gasteiger partial charge in [0.15, 0.2) is 0 Å². The first-order valence-corrected chi connectivity index (χ1v) is 4.61. The number of fused-ring (bicyclic) bond motifs is 1. The molecule has 2 N–H and O–H groups in total. The van der Waals surface area contributed by atoms with E-state index in [4.69, 9.17) is 5.73 Å². The van der Waals surface area contributed by atoms with Crippen molar-refractivity contribution in [1.82, 2.24) is 4.98 Å². The van der Waals surface area contributed by atoms with Crippen molar-refractivity contribution in [2.24, 2.45) is 0 Å². The lowest BCUT2D eigenvalue weighted by molar-refractivity contribution is 0.902. The van der Waals surface area contributed by atoms with Gasteiger partial charge in [-0.2, -0.15) is 6.54 Å². The van der Waals surface area contributed by atoms with Crippen LogP contribution in [0.2, 0.25) is 0 Å². The van der Waals surface area contributed by atoms with Gasteiger partial charge in [0.2, 0.25) is 0 Å². The summed E-state index contributed by atoms with van der Waals surface area (Å²) in [6.45, 7) is 0.513. The van der Waals surface area contributed by atoms with Gasteiger partial charge < -0.3 is 10.7 Å². The summed E-state index contributed by atoms with van der Waals surface area (Å²) < 4.78 is 0. The van der Waals surface area contributed by atoms with Gasteiger partial charge in [-0.15, -0.1) is 0 Å². The third kappa shape index (κ3) is 1.58. The smallest absolute Gasteiger partial charge is 0.0456 e. The summed E-state index contributed by atoms with van der Waals surface area (Å²) in [5.74, 6) is 0. The van der Waals surface area contributed by atoms with Gasteiger partial charge in [0.05, 0.1) is 0 Å². The normalized spacial score (nSPS) is 10.8. The van der Waals surface area contributed by atoms with E-state index in [1.165, 1.54) is 16.5 Å². The van der Waals surface area contributed by atoms with Crippen molar-refractivity contribution in [2.45, 2.75) is 12.8 Å². The third-order valence-electron chi connectivity index (χ3n) is 2.30. The minimum Gasteiger partial charge on any atom is -0.677 e. The van der Waals surface area contributed by atoms with Crippen LogP contribution < -0.4 is 0 Å². The van der Waals surface area contributed by atoms with E-state index in [-0.39, 0.29) is 0 Å². The minimum atomic E-state index is 0.513. The van der Waals surface area contributed by atoms with Gasteiger partial charge >= 0.3 is 0 Å². The molecule has 0 aliphatic heterocycles. The van der Waals surface area contributed by atoms with Gasteiger partial charge in [-0.3, -0.25) is 0 Å². The van der Waals surface area contributed by atoms with E-state index in [0.29, 0.717) is 6.54 Å². The van der Waals surface area contributed by atoms with E-state index < -0.39 is 0 Å². The van der Waals surface area contributed by atoms with Gasteiger partial charge in [-0.25, -0.2) is 0 Å². The summed E-state index contributed by atoms with van der Waals surface area (Å²) >= 11 is 0. The van der Waals surface area contributed by atoms with Crippen LogP contribution in [0.5, 0.6) is 0 Å². The summed E-state index contributed by atoms with van der Waals surface area (Å²) in [4.78, 5) is 3.24. The molecule has 0 atom stereocenters. The highest BCUT2D eigenvalue weighted by Gasteiger charge is 2.00. The van der Waals surface area contributed by atoms with E-state index in [9.17, 15) is 0 Å². The summed E-state index contributed by atoms with van der Waals surface area (Å²) in [6.07, 6.45) is 4.01. The van der Waals surface area contributed by atoms with Gasteiger partial charge in [-0.05, 0) is 18.1 Å². The van der Waals surface area contributed by atoms with Crippen LogP contribution in [-0.2, 0) is 6.42 Å². The van der Waals surface area contributed by atoms with Gasteiger partial charge in [0.25, 0.3) is 0 Å². The average Bonchev–Trinajstić information content (AvgIpc) is 2.58. The first kappa shape index (κ1) is 8.32. The van der Waals surface area contributed by atoms with Crippen molar-refractivity contribution in [1.29, 1.82) is 0 Å². The molecule has 0 fully saturated rings. The zero-order valence-electron chi connectivity index (χ0n) is 7.51. The molecule has 0 spiro atoms. The number of H-pyrrole nitrogens is 1. The van der Waals surface area contributed by atoms with Crippen LogP contribution >= 0.6 is 0 Å². The second kappa shape index (κ2) is 3.62. The molecule has 0 radical (unpaired) electrons. The molecular weight excluding hydrogens is 160 g/mol. The van der Waals surface area contributed by atoms with Crippen LogP contribution in [0.4, 0.5) is 0 Å². The molecule has 2 aromatic rings. The second-order valence-corrected chi connectivity index (χ2v) is 3.21. The number of hydrogen-bond donors (Lipinski definition) is 1. The fourth-order valence-electron chi connectivity index (χ4n) is 1.62. The number of para-hydroxylation sites is 1. The molecule has 0 saturated heterocycles. The molecule has 1 aromatic heterocycles. The molecule has 0 amide bonds. The number of hydrogen-bond acceptors (Lipinski definition) is 0. The van der Waals surface area contributed by atoms with Crippen LogP contribution in [0, 0.1) is 0 Å². The Balaban J connectivity index is 2.35. The molecule has 1 heterocycles. The van der Waals surface area contributed by atoms with E-state index in [2.05, 4.69) is 29.4 Å². The highest BCUT2D eigenvalue weighted by molar-refractivity contribution is 5.82. The van der Waals surface area contributed by atoms with Gasteiger partial charge in [0, 0.05) is 17.1 Å². The third-order valence-corrected chi connectivity index (χ3v) is 2.30. The maximum Gasteiger partial charge on any atom is 0.0456 e. The highest BCUT2D eigenvalue weighted by Crippen LogP contribution is 2.18. The lowest BCUT2D eigenvalue weighted by atomic mass is 10.1. The van der Waals surface area contributed by atoms with Crippen molar-refractivity contribution in [3.63, 3.8) is 0 Å². The molecule has 2 nitrogen and oxygen atoms in total. The predicted molar refractivity (Wildman–Crippen MR) is 55.8 cm³/mol. The molecule has 0 bridgehead atoms. The molecule has 0 saturated carbocycles. The van der Waals surface area contributed by atoms with Crippen molar-refractivity contribution < 1.29 is 0 Å². The number of aromatic nitrogens is 1. The highest BCUT2D eigenvalue weighted by atomic mass is 14.7. The molecule has 1 aromatic carbocycles. The maximum atomic E-state index is 7.10. The quantitative estimate of drug-likeness (QED) is 0.740. The lowest BCUT2D eigenvalue weighted by Crippen LogP contribution is -1.84. The zero-order chi connectivity index (χ0) is 9.10. The molecule has 2 rings (SSSR count). The summed E-state index contributed by atoms with van der Waals surface area (Å²) in [7, 11) is 0. The van der Waals surface area contributed by atoms with Gasteiger partial charge in [-0.1, -0.05) is 24.6 Å². The topological polar surface area (TPSA) is 39.6 Å². The number of aryl methyl sites for hydroxylation is 1. The Morgan fingerprint density at radius 2 is 2.08 bits per heavy atom. The fourth-order valence-corrected chi connectivity index (χ4v) is 1.62. The Labute approximate surface area is 77.8 Å². The maximum absolute atomic E-state index is 7.10. The van der Waals surface area contributed by atoms with Crippen LogP contribution in [-0.4, -0.2) is 11.5 Å². The van der Waals surface area contributed by atoms with E-state index in [1.54, 1.807) is 0 Å². The lowest BCUT2D eigenvalue weighted by Gasteiger charge is -1.99. The molecule has 2 heteroatoms. The van der Waals surface area contributed by atoms with Crippen molar-refractivity contribution in [2.75, 3.05) is 6.54 Å². The first-order chi connectivity index (χ1) is 6.42. The van der Waals surface area contributed by atoms with E-state index >= 15 is 0 Å². The largest absolute Gasteiger partial charge is 0.677 e. The Kier molecular flexibility index (Phi) is 2.32. The van der Waals surface area contributed by atoms with Crippen LogP contribution in [0.1, 0.15) is 12.0 Å². The fraction of sp³-hybridized carbons (Fsp3) is 0.273. The molecule has 68 valence electrons. The van der Waals surface area contributed by atoms with Crippen LogP contribution in [0.3, 0.4) is 0 Å². The zero-order valence-corrected chi connectivity index (χ0v) is 7.51. The Morgan fingerprint density at radius 1 is 1.23 bits per heavy atom. The van der Waals surface area contributed by atoms with Crippen LogP contribution in [0.15, 0.2) is 30.5 Å². The van der Waals surface area contributed by atoms with Crippen LogP contribution in [0.25, 0.3) is 16.6 Å². The van der Waals surface area contributed by atoms with E-state index in [0.717, 1.165) is 12.8 Å². The summed E-state index contributed by atoms with van der Waals surface area (Å²) in [6, 6.07) is 8.30. The van der Waals surface area contributed by atoms with Crippen molar-refractivity contribution in [3.05, 3.63) is 41.8 Å². The second-order valence-electron chi connectivity index (χ2n) is 3.21. The number of aromatic amines is 1. The molecule has 0 unspecified atom stereocenters. The molecule has 0 aliphatic carbocycles. The summed E-state index contributed by atoms with van der Waals surface area (Å²) in [5.41, 5.74) is 9.64. The standard InChI is InChI=1S/C11H13N2/c12-7-3-4-9-8-13-11-6-2-1-5-10(9)11/h1-2,5-6,8,12-13H,3-4,7H2/q-1. The Morgan fingerprint density at radius 3 is 2.92 bits per heavy atom. The predicted octanol–water partition coefficient (Wildman–Crippen LogP) is 3.15. The summed E-state index contributed by atoms with van der Waals surface area (Å²) in [5, 5.41) is 1.30. The minimum absolute atomic E-state index is 0.513. The average molecular weight is 173 g/mol. The molecular formula is C11H13N2-. The number of benzene rings is 1. The Bertz CT molecular complexity index is 390. The first-order valence-electron chi connectivity index (χ1n) is 4.61. The van der Waals surface area contributed by atoms with Crippen molar-refractivity contribution in [3.8, 4) is 0 Å². The Hall–Kier alpha value is -1.28. The van der Waals surface area contributed by atoms with E-state index in [1.807, 2.05) is 6.07 Å². The van der Waals surface area contributed by atoms with Gasteiger partial charge in [0.1, 0.15) is 0 Å². The molecule has 0 aliphatic rings. The van der Waals surface area contributed by atoms with Crippen molar-refractivity contribution >= 4 is 10.9 Å². The molecule has 13 heavy (non-hydrogen) atoms. The number of rotatable bonds is 3.